The van der Waals surface area contributed by atoms with E-state index in [0.717, 1.165) is 23.4 Å². The molecular weight excluding hydrogens is 318 g/mol. The fraction of sp³-hybridized carbons (Fsp3) is 0.389. The maximum absolute atomic E-state index is 11.7. The number of anilines is 2. The molecule has 2 rings (SSSR count). The monoisotopic (exact) mass is 343 g/mol. The summed E-state index contributed by atoms with van der Waals surface area (Å²) < 4.78 is 1.81. The van der Waals surface area contributed by atoms with Crippen molar-refractivity contribution in [3.05, 3.63) is 42.2 Å². The van der Waals surface area contributed by atoms with Crippen molar-refractivity contribution in [3.63, 3.8) is 0 Å². The summed E-state index contributed by atoms with van der Waals surface area (Å²) >= 11 is 0. The minimum absolute atomic E-state index is 0.0401. The third kappa shape index (κ3) is 5.95. The van der Waals surface area contributed by atoms with Crippen molar-refractivity contribution in [3.8, 4) is 0 Å². The SMILES string of the molecule is CNC(=O)CCCn1cc(Nc2ccc(CC(=O)N(C)C)cc2)cn1. The molecule has 1 aromatic heterocycles. The van der Waals surface area contributed by atoms with Crippen LogP contribution in [0.5, 0.6) is 0 Å². The molecule has 2 N–H and O–H groups in total. The Morgan fingerprint density at radius 3 is 2.52 bits per heavy atom. The van der Waals surface area contributed by atoms with Gasteiger partial charge in [-0.3, -0.25) is 14.3 Å². The van der Waals surface area contributed by atoms with Gasteiger partial charge in [0.25, 0.3) is 0 Å². The lowest BCUT2D eigenvalue weighted by atomic mass is 10.1. The zero-order valence-corrected chi connectivity index (χ0v) is 15.0. The van der Waals surface area contributed by atoms with E-state index in [4.69, 9.17) is 0 Å². The number of nitrogens with one attached hydrogen (secondary N) is 2. The Hall–Kier alpha value is -2.83. The topological polar surface area (TPSA) is 79.3 Å². The van der Waals surface area contributed by atoms with E-state index in [1.807, 2.05) is 35.1 Å². The van der Waals surface area contributed by atoms with E-state index in [-0.39, 0.29) is 11.8 Å². The van der Waals surface area contributed by atoms with E-state index in [2.05, 4.69) is 15.7 Å². The first kappa shape index (κ1) is 18.5. The number of amides is 2. The Bertz CT molecular complexity index is 707. The van der Waals surface area contributed by atoms with Gasteiger partial charge in [0.05, 0.1) is 18.3 Å². The molecule has 0 radical (unpaired) electrons. The normalized spacial score (nSPS) is 10.4. The third-order valence-corrected chi connectivity index (χ3v) is 3.80. The molecule has 0 atom stereocenters. The van der Waals surface area contributed by atoms with Gasteiger partial charge in [-0.25, -0.2) is 0 Å². The van der Waals surface area contributed by atoms with Crippen LogP contribution in [0.2, 0.25) is 0 Å². The van der Waals surface area contributed by atoms with E-state index >= 15 is 0 Å². The van der Waals surface area contributed by atoms with Crippen molar-refractivity contribution in [2.24, 2.45) is 0 Å². The second-order valence-corrected chi connectivity index (χ2v) is 6.06. The number of carbonyl (C=O) groups is 2. The second-order valence-electron chi connectivity index (χ2n) is 6.06. The number of aryl methyl sites for hydroxylation is 1. The van der Waals surface area contributed by atoms with Crippen LogP contribution >= 0.6 is 0 Å². The van der Waals surface area contributed by atoms with Gasteiger partial charge in [0.1, 0.15) is 0 Å². The summed E-state index contributed by atoms with van der Waals surface area (Å²) in [6, 6.07) is 7.78. The van der Waals surface area contributed by atoms with E-state index in [1.54, 1.807) is 32.2 Å². The second kappa shape index (κ2) is 8.86. The maximum atomic E-state index is 11.7. The summed E-state index contributed by atoms with van der Waals surface area (Å²) in [7, 11) is 5.15. The first-order valence-electron chi connectivity index (χ1n) is 8.27. The lowest BCUT2D eigenvalue weighted by molar-refractivity contribution is -0.128. The first-order valence-corrected chi connectivity index (χ1v) is 8.27. The molecule has 0 bridgehead atoms. The summed E-state index contributed by atoms with van der Waals surface area (Å²) in [4.78, 5) is 24.5. The molecule has 0 aliphatic heterocycles. The summed E-state index contributed by atoms with van der Waals surface area (Å²) in [5, 5.41) is 10.2. The van der Waals surface area contributed by atoms with Crippen molar-refractivity contribution in [2.45, 2.75) is 25.8 Å². The molecule has 134 valence electrons. The minimum Gasteiger partial charge on any atom is -0.359 e. The molecule has 7 heteroatoms. The molecule has 1 aromatic carbocycles. The van der Waals surface area contributed by atoms with Crippen LogP contribution in [-0.4, -0.2) is 47.6 Å². The lowest BCUT2D eigenvalue weighted by Gasteiger charge is -2.10. The number of hydrogen-bond acceptors (Lipinski definition) is 4. The van der Waals surface area contributed by atoms with Crippen LogP contribution in [0.3, 0.4) is 0 Å². The summed E-state index contributed by atoms with van der Waals surface area (Å²) in [5.41, 5.74) is 2.80. The molecule has 2 amide bonds. The van der Waals surface area contributed by atoms with Crippen molar-refractivity contribution in [2.75, 3.05) is 26.5 Å². The number of likely N-dealkylation sites (N-methyl/N-ethyl adjacent to an activating group) is 1. The van der Waals surface area contributed by atoms with E-state index in [0.29, 0.717) is 19.4 Å². The maximum Gasteiger partial charge on any atom is 0.226 e. The first-order chi connectivity index (χ1) is 12.0. The van der Waals surface area contributed by atoms with Gasteiger partial charge in [-0.15, -0.1) is 0 Å². The number of aromatic nitrogens is 2. The Morgan fingerprint density at radius 2 is 1.88 bits per heavy atom. The summed E-state index contributed by atoms with van der Waals surface area (Å²) in [6.45, 7) is 0.695. The fourth-order valence-corrected chi connectivity index (χ4v) is 2.28. The van der Waals surface area contributed by atoms with Crippen LogP contribution in [0.25, 0.3) is 0 Å². The number of hydrogen-bond donors (Lipinski definition) is 2. The highest BCUT2D eigenvalue weighted by atomic mass is 16.2. The molecule has 0 unspecified atom stereocenters. The fourth-order valence-electron chi connectivity index (χ4n) is 2.28. The highest BCUT2D eigenvalue weighted by molar-refractivity contribution is 5.78. The van der Waals surface area contributed by atoms with Crippen molar-refractivity contribution in [1.29, 1.82) is 0 Å². The molecule has 7 nitrogen and oxygen atoms in total. The molecule has 25 heavy (non-hydrogen) atoms. The van der Waals surface area contributed by atoms with Crippen LogP contribution in [0.15, 0.2) is 36.7 Å². The van der Waals surface area contributed by atoms with E-state index < -0.39 is 0 Å². The molecular formula is C18H25N5O2. The average molecular weight is 343 g/mol. The Labute approximate surface area is 148 Å². The summed E-state index contributed by atoms with van der Waals surface area (Å²) in [5.74, 6) is 0.122. The van der Waals surface area contributed by atoms with Gasteiger partial charge in [0, 0.05) is 46.0 Å². The van der Waals surface area contributed by atoms with Crippen LogP contribution in [0, 0.1) is 0 Å². The van der Waals surface area contributed by atoms with Gasteiger partial charge < -0.3 is 15.5 Å². The quantitative estimate of drug-likeness (QED) is 0.766. The highest BCUT2D eigenvalue weighted by Gasteiger charge is 2.06. The molecule has 0 aliphatic rings. The number of benzene rings is 1. The third-order valence-electron chi connectivity index (χ3n) is 3.80. The summed E-state index contributed by atoms with van der Waals surface area (Å²) in [6.07, 6.45) is 5.30. The molecule has 0 fully saturated rings. The Morgan fingerprint density at radius 1 is 1.16 bits per heavy atom. The molecule has 0 saturated heterocycles. The average Bonchev–Trinajstić information content (AvgIpc) is 3.03. The van der Waals surface area contributed by atoms with Gasteiger partial charge in [-0.2, -0.15) is 5.10 Å². The van der Waals surface area contributed by atoms with Gasteiger partial charge in [0.2, 0.25) is 11.8 Å². The van der Waals surface area contributed by atoms with Crippen LogP contribution in [0.4, 0.5) is 11.4 Å². The molecule has 2 aromatic rings. The molecule has 0 spiro atoms. The van der Waals surface area contributed by atoms with Crippen molar-refractivity contribution < 1.29 is 9.59 Å². The van der Waals surface area contributed by atoms with E-state index in [9.17, 15) is 9.59 Å². The number of nitrogens with zero attached hydrogens (tertiary/aromatic N) is 3. The zero-order chi connectivity index (χ0) is 18.2. The predicted molar refractivity (Wildman–Crippen MR) is 97.7 cm³/mol. The predicted octanol–water partition coefficient (Wildman–Crippen LogP) is 1.78. The molecule has 0 aliphatic carbocycles. The number of carbonyl (C=O) groups excluding carboxylic acids is 2. The Kier molecular flexibility index (Phi) is 6.56. The van der Waals surface area contributed by atoms with Crippen molar-refractivity contribution >= 4 is 23.2 Å². The minimum atomic E-state index is 0.0401. The zero-order valence-electron chi connectivity index (χ0n) is 15.0. The number of rotatable bonds is 8. The lowest BCUT2D eigenvalue weighted by Crippen LogP contribution is -2.23. The smallest absolute Gasteiger partial charge is 0.226 e. The van der Waals surface area contributed by atoms with Gasteiger partial charge in [-0.1, -0.05) is 12.1 Å². The van der Waals surface area contributed by atoms with Gasteiger partial charge in [0.15, 0.2) is 0 Å². The van der Waals surface area contributed by atoms with Crippen LogP contribution in [-0.2, 0) is 22.6 Å². The van der Waals surface area contributed by atoms with Gasteiger partial charge in [-0.05, 0) is 24.1 Å². The van der Waals surface area contributed by atoms with Crippen LogP contribution < -0.4 is 10.6 Å². The largest absolute Gasteiger partial charge is 0.359 e. The van der Waals surface area contributed by atoms with Crippen molar-refractivity contribution in [1.82, 2.24) is 20.0 Å². The molecule has 0 saturated carbocycles. The van der Waals surface area contributed by atoms with Gasteiger partial charge >= 0.3 is 0 Å². The van der Waals surface area contributed by atoms with E-state index in [1.165, 1.54) is 0 Å². The van der Waals surface area contributed by atoms with Crippen LogP contribution in [0.1, 0.15) is 18.4 Å². The highest BCUT2D eigenvalue weighted by Crippen LogP contribution is 2.17. The standard InChI is InChI=1S/C18H25N5O2/c1-19-17(24)5-4-10-23-13-16(12-20-23)21-15-8-6-14(7-9-15)11-18(25)22(2)3/h6-9,12-13,21H,4-5,10-11H2,1-3H3,(H,19,24). The Balaban J connectivity index is 1.86. The molecule has 1 heterocycles.